The van der Waals surface area contributed by atoms with Crippen molar-refractivity contribution in [2.24, 2.45) is 7.05 Å². The number of pyridine rings is 1. The zero-order chi connectivity index (χ0) is 15.9. The summed E-state index contributed by atoms with van der Waals surface area (Å²) in [5, 5.41) is 0. The van der Waals surface area contributed by atoms with Crippen LogP contribution in [0.15, 0.2) is 16.9 Å². The smallest absolute Gasteiger partial charge is 0.263 e. The zero-order valence-electron chi connectivity index (χ0n) is 13.7. The number of nitrogens with zero attached hydrogens (tertiary/aromatic N) is 3. The van der Waals surface area contributed by atoms with Crippen molar-refractivity contribution in [1.82, 2.24) is 14.4 Å². The van der Waals surface area contributed by atoms with Crippen molar-refractivity contribution in [2.75, 3.05) is 20.1 Å². The number of aromatic nitrogens is 1. The third-order valence-electron chi connectivity index (χ3n) is 5.37. The van der Waals surface area contributed by atoms with Gasteiger partial charge in [-0.1, -0.05) is 0 Å². The Morgan fingerprint density at radius 3 is 2.45 bits per heavy atom. The summed E-state index contributed by atoms with van der Waals surface area (Å²) in [4.78, 5) is 29.6. The van der Waals surface area contributed by atoms with E-state index in [-0.39, 0.29) is 17.5 Å². The maximum atomic E-state index is 12.9. The van der Waals surface area contributed by atoms with Gasteiger partial charge in [0, 0.05) is 31.4 Å². The van der Waals surface area contributed by atoms with Crippen molar-refractivity contribution >= 4 is 5.91 Å². The summed E-state index contributed by atoms with van der Waals surface area (Å²) in [6, 6.07) is 4.24. The minimum atomic E-state index is -0.185. The second kappa shape index (κ2) is 5.88. The molecule has 5 nitrogen and oxygen atoms in total. The number of likely N-dealkylation sites (tertiary alicyclic amines) is 2. The van der Waals surface area contributed by atoms with Gasteiger partial charge >= 0.3 is 0 Å². The third kappa shape index (κ3) is 2.47. The first-order valence-corrected chi connectivity index (χ1v) is 8.18. The van der Waals surface area contributed by atoms with Crippen molar-refractivity contribution in [3.63, 3.8) is 0 Å². The molecule has 2 fully saturated rings. The predicted octanol–water partition coefficient (Wildman–Crippen LogP) is 1.39. The molecule has 0 spiro atoms. The first-order chi connectivity index (χ1) is 10.5. The molecule has 1 aromatic rings. The average Bonchev–Trinajstić information content (AvgIpc) is 3.12. The molecule has 0 bridgehead atoms. The molecular weight excluding hydrogens is 278 g/mol. The SMILES string of the molecule is Cc1ccc(C(=O)N2CCCC2C2CCCN2C)c(=O)n1C. The van der Waals surface area contributed by atoms with Crippen LogP contribution >= 0.6 is 0 Å². The number of aryl methyl sites for hydroxylation is 1. The summed E-state index contributed by atoms with van der Waals surface area (Å²) in [6.45, 7) is 3.75. The Kier molecular flexibility index (Phi) is 4.08. The Hall–Kier alpha value is -1.62. The Morgan fingerprint density at radius 2 is 1.77 bits per heavy atom. The van der Waals surface area contributed by atoms with Crippen molar-refractivity contribution < 1.29 is 4.79 Å². The molecule has 120 valence electrons. The molecule has 2 aliphatic heterocycles. The van der Waals surface area contributed by atoms with Crippen LogP contribution in [0.2, 0.25) is 0 Å². The van der Waals surface area contributed by atoms with Crippen LogP contribution in [0.4, 0.5) is 0 Å². The molecule has 5 heteroatoms. The van der Waals surface area contributed by atoms with E-state index in [0.717, 1.165) is 38.0 Å². The number of likely N-dealkylation sites (N-methyl/N-ethyl adjacent to an activating group) is 1. The quantitative estimate of drug-likeness (QED) is 0.829. The van der Waals surface area contributed by atoms with E-state index < -0.39 is 0 Å². The average molecular weight is 303 g/mol. The molecule has 1 aromatic heterocycles. The summed E-state index contributed by atoms with van der Waals surface area (Å²) in [5.41, 5.74) is 0.992. The second-order valence-electron chi connectivity index (χ2n) is 6.65. The molecule has 3 rings (SSSR count). The Balaban J connectivity index is 1.88. The fourth-order valence-corrected chi connectivity index (χ4v) is 3.91. The minimum absolute atomic E-state index is 0.0941. The maximum Gasteiger partial charge on any atom is 0.263 e. The van der Waals surface area contributed by atoms with E-state index in [1.54, 1.807) is 17.7 Å². The van der Waals surface area contributed by atoms with Gasteiger partial charge in [-0.25, -0.2) is 0 Å². The number of hydrogen-bond donors (Lipinski definition) is 0. The van der Waals surface area contributed by atoms with E-state index in [4.69, 9.17) is 0 Å². The molecule has 3 heterocycles. The highest BCUT2D eigenvalue weighted by Gasteiger charge is 2.39. The van der Waals surface area contributed by atoms with Gasteiger partial charge in [0.1, 0.15) is 5.56 Å². The van der Waals surface area contributed by atoms with Gasteiger partial charge in [0.25, 0.3) is 11.5 Å². The lowest BCUT2D eigenvalue weighted by Gasteiger charge is -2.33. The van der Waals surface area contributed by atoms with Gasteiger partial charge in [0.2, 0.25) is 0 Å². The summed E-state index contributed by atoms with van der Waals surface area (Å²) >= 11 is 0. The monoisotopic (exact) mass is 303 g/mol. The van der Waals surface area contributed by atoms with Gasteiger partial charge in [-0.05, 0) is 58.3 Å². The number of carbonyl (C=O) groups excluding carboxylic acids is 1. The van der Waals surface area contributed by atoms with Crippen LogP contribution in [-0.4, -0.2) is 52.5 Å². The Morgan fingerprint density at radius 1 is 1.09 bits per heavy atom. The van der Waals surface area contributed by atoms with E-state index in [2.05, 4.69) is 11.9 Å². The molecule has 0 aliphatic carbocycles. The lowest BCUT2D eigenvalue weighted by atomic mass is 10.0. The molecule has 2 atom stereocenters. The second-order valence-corrected chi connectivity index (χ2v) is 6.65. The molecule has 1 amide bonds. The molecule has 2 saturated heterocycles. The Bertz CT molecular complexity index is 637. The standard InChI is InChI=1S/C17H25N3O2/c1-12-8-9-13(16(21)19(12)3)17(22)20-11-5-7-15(20)14-6-4-10-18(14)2/h8-9,14-15H,4-7,10-11H2,1-3H3. The zero-order valence-corrected chi connectivity index (χ0v) is 13.7. The van der Waals surface area contributed by atoms with Crippen LogP contribution in [0, 0.1) is 6.92 Å². The van der Waals surface area contributed by atoms with Gasteiger partial charge < -0.3 is 14.4 Å². The van der Waals surface area contributed by atoms with Crippen LogP contribution < -0.4 is 5.56 Å². The summed E-state index contributed by atoms with van der Waals surface area (Å²) in [7, 11) is 3.87. The highest BCUT2D eigenvalue weighted by Crippen LogP contribution is 2.29. The topological polar surface area (TPSA) is 45.6 Å². The van der Waals surface area contributed by atoms with Gasteiger partial charge in [-0.3, -0.25) is 9.59 Å². The number of hydrogen-bond acceptors (Lipinski definition) is 3. The van der Waals surface area contributed by atoms with Gasteiger partial charge in [-0.2, -0.15) is 0 Å². The molecule has 2 unspecified atom stereocenters. The summed E-state index contributed by atoms with van der Waals surface area (Å²) < 4.78 is 1.56. The third-order valence-corrected chi connectivity index (χ3v) is 5.37. The highest BCUT2D eigenvalue weighted by molar-refractivity contribution is 5.94. The fourth-order valence-electron chi connectivity index (χ4n) is 3.91. The fraction of sp³-hybridized carbons (Fsp3) is 0.647. The van der Waals surface area contributed by atoms with E-state index >= 15 is 0 Å². The van der Waals surface area contributed by atoms with Gasteiger partial charge in [0.05, 0.1) is 0 Å². The van der Waals surface area contributed by atoms with Crippen molar-refractivity contribution in [2.45, 2.75) is 44.7 Å². The first kappa shape index (κ1) is 15.3. The largest absolute Gasteiger partial charge is 0.334 e. The normalized spacial score (nSPS) is 25.9. The summed E-state index contributed by atoms with van der Waals surface area (Å²) in [5.74, 6) is -0.0941. The van der Waals surface area contributed by atoms with Crippen molar-refractivity contribution in [1.29, 1.82) is 0 Å². The van der Waals surface area contributed by atoms with E-state index in [1.807, 2.05) is 17.9 Å². The predicted molar refractivity (Wildman–Crippen MR) is 86.1 cm³/mol. The summed E-state index contributed by atoms with van der Waals surface area (Å²) in [6.07, 6.45) is 4.43. The van der Waals surface area contributed by atoms with Crippen LogP contribution in [0.3, 0.4) is 0 Å². The minimum Gasteiger partial charge on any atom is -0.334 e. The Labute approximate surface area is 131 Å². The van der Waals surface area contributed by atoms with E-state index in [1.165, 1.54) is 6.42 Å². The first-order valence-electron chi connectivity index (χ1n) is 8.18. The van der Waals surface area contributed by atoms with Crippen molar-refractivity contribution in [3.8, 4) is 0 Å². The number of rotatable bonds is 2. The molecule has 0 saturated carbocycles. The van der Waals surface area contributed by atoms with E-state index in [0.29, 0.717) is 11.6 Å². The van der Waals surface area contributed by atoms with Gasteiger partial charge in [0.15, 0.2) is 0 Å². The molecular formula is C17H25N3O2. The number of amides is 1. The lowest BCUT2D eigenvalue weighted by Crippen LogP contribution is -2.48. The molecule has 2 aliphatic rings. The maximum absolute atomic E-state index is 12.9. The van der Waals surface area contributed by atoms with Crippen LogP contribution in [-0.2, 0) is 7.05 Å². The van der Waals surface area contributed by atoms with Crippen LogP contribution in [0.25, 0.3) is 0 Å². The molecule has 0 radical (unpaired) electrons. The highest BCUT2D eigenvalue weighted by atomic mass is 16.2. The molecule has 0 N–H and O–H groups in total. The number of carbonyl (C=O) groups is 1. The van der Waals surface area contributed by atoms with Crippen LogP contribution in [0.5, 0.6) is 0 Å². The van der Waals surface area contributed by atoms with E-state index in [9.17, 15) is 9.59 Å². The lowest BCUT2D eigenvalue weighted by molar-refractivity contribution is 0.0662. The van der Waals surface area contributed by atoms with Crippen LogP contribution in [0.1, 0.15) is 41.7 Å². The molecule has 0 aromatic carbocycles. The molecule has 22 heavy (non-hydrogen) atoms. The van der Waals surface area contributed by atoms with Crippen molar-refractivity contribution in [3.05, 3.63) is 33.7 Å². The van der Waals surface area contributed by atoms with Gasteiger partial charge in [-0.15, -0.1) is 0 Å².